The number of anilines is 1. The number of carboxylic acid groups (broad SMARTS) is 1. The van der Waals surface area contributed by atoms with E-state index >= 15 is 0 Å². The number of hydrogen-bond donors (Lipinski definition) is 1. The third kappa shape index (κ3) is 2.57. The molecule has 1 N–H and O–H groups in total. The summed E-state index contributed by atoms with van der Waals surface area (Å²) < 4.78 is 0. The maximum absolute atomic E-state index is 11.4. The summed E-state index contributed by atoms with van der Waals surface area (Å²) in [4.78, 5) is 13.4. The summed E-state index contributed by atoms with van der Waals surface area (Å²) in [5.41, 5.74) is 2.40. The van der Waals surface area contributed by atoms with Gasteiger partial charge in [-0.25, -0.2) is 4.79 Å². The van der Waals surface area contributed by atoms with Gasteiger partial charge in [-0.1, -0.05) is 18.2 Å². The normalized spacial score (nSPS) is 10.7. The molecule has 3 aromatic rings. The highest BCUT2D eigenvalue weighted by Gasteiger charge is 2.19. The number of aromatic nitrogens is 2. The van der Waals surface area contributed by atoms with E-state index in [-0.39, 0.29) is 5.69 Å². The number of carbonyl (C=O) groups is 1. The van der Waals surface area contributed by atoms with Crippen LogP contribution in [-0.4, -0.2) is 28.3 Å². The van der Waals surface area contributed by atoms with Gasteiger partial charge in [0.25, 0.3) is 0 Å². The van der Waals surface area contributed by atoms with Crippen LogP contribution < -0.4 is 4.90 Å². The molecular formula is C15H13N3O2S. The van der Waals surface area contributed by atoms with E-state index in [0.717, 1.165) is 10.9 Å². The Morgan fingerprint density at radius 2 is 2.10 bits per heavy atom. The molecule has 0 saturated carbocycles. The predicted molar refractivity (Wildman–Crippen MR) is 82.9 cm³/mol. The molecule has 0 aliphatic rings. The summed E-state index contributed by atoms with van der Waals surface area (Å²) in [6.45, 7) is 0.624. The van der Waals surface area contributed by atoms with Crippen molar-refractivity contribution in [3.63, 3.8) is 0 Å². The van der Waals surface area contributed by atoms with Gasteiger partial charge >= 0.3 is 5.97 Å². The van der Waals surface area contributed by atoms with E-state index in [1.807, 2.05) is 53.0 Å². The van der Waals surface area contributed by atoms with E-state index in [1.54, 1.807) is 11.3 Å². The maximum atomic E-state index is 11.4. The van der Waals surface area contributed by atoms with Crippen molar-refractivity contribution in [3.8, 4) is 0 Å². The maximum Gasteiger partial charge on any atom is 0.358 e. The first-order valence-corrected chi connectivity index (χ1v) is 7.32. The van der Waals surface area contributed by atoms with Crippen LogP contribution in [0.3, 0.4) is 0 Å². The van der Waals surface area contributed by atoms with Crippen molar-refractivity contribution in [2.24, 2.45) is 0 Å². The molecule has 0 atom stereocenters. The first-order chi connectivity index (χ1) is 10.2. The minimum atomic E-state index is -1.07. The molecule has 0 bridgehead atoms. The van der Waals surface area contributed by atoms with E-state index in [0.29, 0.717) is 17.7 Å². The van der Waals surface area contributed by atoms with Crippen LogP contribution in [0.2, 0.25) is 0 Å². The van der Waals surface area contributed by atoms with Gasteiger partial charge in [-0.15, -0.1) is 10.2 Å². The highest BCUT2D eigenvalue weighted by molar-refractivity contribution is 7.07. The first-order valence-electron chi connectivity index (χ1n) is 6.37. The quantitative estimate of drug-likeness (QED) is 0.802. The van der Waals surface area contributed by atoms with Crippen molar-refractivity contribution < 1.29 is 9.90 Å². The average Bonchev–Trinajstić information content (AvgIpc) is 2.98. The van der Waals surface area contributed by atoms with Crippen LogP contribution in [0.5, 0.6) is 0 Å². The van der Waals surface area contributed by atoms with Gasteiger partial charge in [0.2, 0.25) is 0 Å². The Hall–Kier alpha value is -2.47. The SMILES string of the molecule is CN(Cc1ccsc1)c1c(C(=O)O)nnc2ccccc12. The van der Waals surface area contributed by atoms with E-state index in [4.69, 9.17) is 0 Å². The van der Waals surface area contributed by atoms with Crippen LogP contribution in [0.15, 0.2) is 41.1 Å². The molecule has 2 aromatic heterocycles. The third-order valence-corrected chi connectivity index (χ3v) is 3.96. The number of rotatable bonds is 4. The molecule has 0 radical (unpaired) electrons. The lowest BCUT2D eigenvalue weighted by Gasteiger charge is -2.21. The Morgan fingerprint density at radius 3 is 2.81 bits per heavy atom. The average molecular weight is 299 g/mol. The van der Waals surface area contributed by atoms with Gasteiger partial charge < -0.3 is 10.0 Å². The molecule has 0 saturated heterocycles. The lowest BCUT2D eigenvalue weighted by molar-refractivity contribution is 0.0690. The van der Waals surface area contributed by atoms with Gasteiger partial charge in [0.05, 0.1) is 11.2 Å². The molecule has 0 aliphatic heterocycles. The van der Waals surface area contributed by atoms with Crippen LogP contribution in [0, 0.1) is 0 Å². The van der Waals surface area contributed by atoms with Gasteiger partial charge in [-0.3, -0.25) is 0 Å². The van der Waals surface area contributed by atoms with Crippen LogP contribution in [0.25, 0.3) is 10.9 Å². The second-order valence-electron chi connectivity index (χ2n) is 4.71. The zero-order chi connectivity index (χ0) is 14.8. The first kappa shape index (κ1) is 13.5. The molecule has 6 heteroatoms. The third-order valence-electron chi connectivity index (χ3n) is 3.23. The number of carboxylic acids is 1. The number of hydrogen-bond acceptors (Lipinski definition) is 5. The van der Waals surface area contributed by atoms with Crippen LogP contribution in [0.1, 0.15) is 16.1 Å². The fourth-order valence-electron chi connectivity index (χ4n) is 2.31. The Kier molecular flexibility index (Phi) is 3.53. The second kappa shape index (κ2) is 5.49. The molecule has 0 spiro atoms. The number of nitrogens with zero attached hydrogens (tertiary/aromatic N) is 3. The molecular weight excluding hydrogens is 286 g/mol. The number of aromatic carboxylic acids is 1. The van der Waals surface area contributed by atoms with Gasteiger partial charge in [0.15, 0.2) is 5.69 Å². The van der Waals surface area contributed by atoms with Gasteiger partial charge in [-0.05, 0) is 28.5 Å². The highest BCUT2D eigenvalue weighted by atomic mass is 32.1. The molecule has 3 rings (SSSR count). The monoisotopic (exact) mass is 299 g/mol. The summed E-state index contributed by atoms with van der Waals surface area (Å²) in [6, 6.07) is 9.46. The molecule has 5 nitrogen and oxygen atoms in total. The zero-order valence-electron chi connectivity index (χ0n) is 11.4. The second-order valence-corrected chi connectivity index (χ2v) is 5.49. The Labute approximate surface area is 125 Å². The molecule has 1 aromatic carbocycles. The van der Waals surface area contributed by atoms with Crippen molar-refractivity contribution >= 4 is 33.9 Å². The van der Waals surface area contributed by atoms with Crippen LogP contribution in [-0.2, 0) is 6.54 Å². The minimum Gasteiger partial charge on any atom is -0.476 e. The largest absolute Gasteiger partial charge is 0.476 e. The number of benzene rings is 1. The van der Waals surface area contributed by atoms with Crippen molar-refractivity contribution in [2.75, 3.05) is 11.9 Å². The van der Waals surface area contributed by atoms with E-state index in [1.165, 1.54) is 0 Å². The van der Waals surface area contributed by atoms with Crippen LogP contribution >= 0.6 is 11.3 Å². The zero-order valence-corrected chi connectivity index (χ0v) is 12.2. The summed E-state index contributed by atoms with van der Waals surface area (Å²) in [5, 5.41) is 22.1. The molecule has 0 amide bonds. The van der Waals surface area contributed by atoms with Crippen molar-refractivity contribution in [1.29, 1.82) is 0 Å². The van der Waals surface area contributed by atoms with Crippen LogP contribution in [0.4, 0.5) is 5.69 Å². The molecule has 106 valence electrons. The predicted octanol–water partition coefficient (Wildman–Crippen LogP) is 3.03. The molecule has 0 aliphatic carbocycles. The number of thiophene rings is 1. The van der Waals surface area contributed by atoms with Gasteiger partial charge in [0, 0.05) is 19.0 Å². The summed E-state index contributed by atoms with van der Waals surface area (Å²) in [7, 11) is 1.87. The Balaban J connectivity index is 2.13. The fourth-order valence-corrected chi connectivity index (χ4v) is 2.97. The van der Waals surface area contributed by atoms with Crippen molar-refractivity contribution in [1.82, 2.24) is 10.2 Å². The van der Waals surface area contributed by atoms with E-state index < -0.39 is 5.97 Å². The fraction of sp³-hybridized carbons (Fsp3) is 0.133. The lowest BCUT2D eigenvalue weighted by atomic mass is 10.1. The van der Waals surface area contributed by atoms with Crippen molar-refractivity contribution in [3.05, 3.63) is 52.3 Å². The van der Waals surface area contributed by atoms with Gasteiger partial charge in [0.1, 0.15) is 0 Å². The Morgan fingerprint density at radius 1 is 1.29 bits per heavy atom. The van der Waals surface area contributed by atoms with E-state index in [9.17, 15) is 9.90 Å². The summed E-state index contributed by atoms with van der Waals surface area (Å²) in [5.74, 6) is -1.07. The lowest BCUT2D eigenvalue weighted by Crippen LogP contribution is -2.21. The summed E-state index contributed by atoms with van der Waals surface area (Å²) in [6.07, 6.45) is 0. The molecule has 2 heterocycles. The smallest absolute Gasteiger partial charge is 0.358 e. The number of fused-ring (bicyclic) bond motifs is 1. The van der Waals surface area contributed by atoms with E-state index in [2.05, 4.69) is 10.2 Å². The molecule has 0 unspecified atom stereocenters. The molecule has 0 fully saturated rings. The minimum absolute atomic E-state index is 0.0218. The molecule has 21 heavy (non-hydrogen) atoms. The summed E-state index contributed by atoms with van der Waals surface area (Å²) >= 11 is 1.62. The van der Waals surface area contributed by atoms with Crippen molar-refractivity contribution in [2.45, 2.75) is 6.54 Å². The standard InChI is InChI=1S/C15H13N3O2S/c1-18(8-10-6-7-21-9-10)14-11-4-2-3-5-12(11)16-17-13(14)15(19)20/h2-7,9H,8H2,1H3,(H,19,20). The Bertz CT molecular complexity index is 787. The van der Waals surface area contributed by atoms with Gasteiger partial charge in [-0.2, -0.15) is 11.3 Å². The topological polar surface area (TPSA) is 66.3 Å². The highest BCUT2D eigenvalue weighted by Crippen LogP contribution is 2.28.